The van der Waals surface area contributed by atoms with Crippen LogP contribution in [0.3, 0.4) is 0 Å². The molecule has 0 aliphatic heterocycles. The number of rotatable bonds is 5. The molecule has 1 aliphatic rings. The molecule has 0 radical (unpaired) electrons. The monoisotopic (exact) mass is 338 g/mol. The molecule has 0 bridgehead atoms. The molecule has 2 heterocycles. The Kier molecular flexibility index (Phi) is 3.90. The summed E-state index contributed by atoms with van der Waals surface area (Å²) in [5.74, 6) is 0.403. The summed E-state index contributed by atoms with van der Waals surface area (Å²) in [7, 11) is 0. The van der Waals surface area contributed by atoms with Crippen LogP contribution >= 0.6 is 11.5 Å². The number of hydrogen-bond donors (Lipinski definition) is 1. The number of hydrogen-bond acceptors (Lipinski definition) is 4. The van der Waals surface area contributed by atoms with Gasteiger partial charge in [-0.1, -0.05) is 30.3 Å². The van der Waals surface area contributed by atoms with Crippen molar-refractivity contribution < 1.29 is 4.79 Å². The molecule has 5 nitrogen and oxygen atoms in total. The summed E-state index contributed by atoms with van der Waals surface area (Å²) in [5, 5.41) is 9.44. The van der Waals surface area contributed by atoms with Gasteiger partial charge in [-0.2, -0.15) is 9.47 Å². The van der Waals surface area contributed by atoms with Gasteiger partial charge in [0.2, 0.25) is 0 Å². The number of aryl methyl sites for hydroxylation is 1. The molecule has 0 saturated heterocycles. The van der Waals surface area contributed by atoms with Gasteiger partial charge in [0, 0.05) is 23.4 Å². The summed E-state index contributed by atoms with van der Waals surface area (Å²) in [4.78, 5) is 12.7. The third kappa shape index (κ3) is 2.85. The van der Waals surface area contributed by atoms with Gasteiger partial charge in [-0.15, -0.1) is 0 Å². The van der Waals surface area contributed by atoms with Crippen LogP contribution in [0.5, 0.6) is 0 Å². The maximum atomic E-state index is 12.7. The first-order chi connectivity index (χ1) is 11.8. The highest BCUT2D eigenvalue weighted by molar-refractivity contribution is 7.04. The average molecular weight is 338 g/mol. The number of benzene rings is 1. The van der Waals surface area contributed by atoms with Crippen molar-refractivity contribution in [2.45, 2.75) is 32.2 Å². The summed E-state index contributed by atoms with van der Waals surface area (Å²) < 4.78 is 6.21. The molecule has 3 aromatic rings. The van der Waals surface area contributed by atoms with Crippen molar-refractivity contribution in [2.75, 3.05) is 5.32 Å². The van der Waals surface area contributed by atoms with Crippen molar-refractivity contribution >= 4 is 23.1 Å². The van der Waals surface area contributed by atoms with Crippen molar-refractivity contribution in [3.05, 3.63) is 53.2 Å². The highest BCUT2D eigenvalue weighted by Gasteiger charge is 2.28. The Morgan fingerprint density at radius 1 is 1.33 bits per heavy atom. The molecule has 1 aliphatic carbocycles. The lowest BCUT2D eigenvalue weighted by Crippen LogP contribution is -2.17. The lowest BCUT2D eigenvalue weighted by atomic mass is 10.1. The first-order valence-corrected chi connectivity index (χ1v) is 8.98. The van der Waals surface area contributed by atoms with Gasteiger partial charge in [0.05, 0.1) is 11.4 Å². The molecule has 1 amide bonds. The highest BCUT2D eigenvalue weighted by atomic mass is 32.1. The number of anilines is 1. The Hall–Kier alpha value is -2.47. The summed E-state index contributed by atoms with van der Waals surface area (Å²) in [5.41, 5.74) is 4.20. The van der Waals surface area contributed by atoms with Gasteiger partial charge in [-0.25, -0.2) is 0 Å². The molecule has 0 unspecified atom stereocenters. The van der Waals surface area contributed by atoms with E-state index in [0.29, 0.717) is 18.2 Å². The quantitative estimate of drug-likeness (QED) is 0.760. The van der Waals surface area contributed by atoms with Gasteiger partial charge in [0.15, 0.2) is 0 Å². The van der Waals surface area contributed by atoms with Gasteiger partial charge >= 0.3 is 0 Å². The van der Waals surface area contributed by atoms with Crippen molar-refractivity contribution in [1.82, 2.24) is 14.2 Å². The predicted molar refractivity (Wildman–Crippen MR) is 95.4 cm³/mol. The van der Waals surface area contributed by atoms with Crippen LogP contribution in [0.2, 0.25) is 0 Å². The fraction of sp³-hybridized carbons (Fsp3) is 0.278. The maximum absolute atomic E-state index is 12.7. The van der Waals surface area contributed by atoms with E-state index in [1.54, 1.807) is 4.68 Å². The SMILES string of the molecule is CCn1nc(C2CC2)cc1C(=O)Nc1csnc1-c1ccccc1. The zero-order valence-corrected chi connectivity index (χ0v) is 14.2. The summed E-state index contributed by atoms with van der Waals surface area (Å²) in [6, 6.07) is 11.8. The fourth-order valence-corrected chi connectivity index (χ4v) is 3.39. The Morgan fingerprint density at radius 3 is 2.83 bits per heavy atom. The van der Waals surface area contributed by atoms with E-state index in [2.05, 4.69) is 14.8 Å². The van der Waals surface area contributed by atoms with Crippen molar-refractivity contribution in [3.8, 4) is 11.3 Å². The minimum atomic E-state index is -0.131. The van der Waals surface area contributed by atoms with E-state index in [0.717, 1.165) is 22.6 Å². The van der Waals surface area contributed by atoms with Crippen molar-refractivity contribution in [1.29, 1.82) is 0 Å². The van der Waals surface area contributed by atoms with E-state index in [9.17, 15) is 4.79 Å². The van der Waals surface area contributed by atoms with E-state index in [1.165, 1.54) is 24.4 Å². The number of nitrogens with one attached hydrogen (secondary N) is 1. The standard InChI is InChI=1S/C18H18N4OS/c1-2-22-16(10-14(20-22)12-8-9-12)18(23)19-15-11-24-21-17(15)13-6-4-3-5-7-13/h3-7,10-12H,2,8-9H2,1H3,(H,19,23). The van der Waals surface area contributed by atoms with E-state index in [-0.39, 0.29) is 5.91 Å². The lowest BCUT2D eigenvalue weighted by molar-refractivity contribution is 0.101. The van der Waals surface area contributed by atoms with Crippen LogP contribution in [-0.2, 0) is 6.54 Å². The molecular weight excluding hydrogens is 320 g/mol. The second-order valence-corrected chi connectivity index (χ2v) is 6.57. The molecule has 2 aromatic heterocycles. The Morgan fingerprint density at radius 2 is 2.12 bits per heavy atom. The van der Waals surface area contributed by atoms with Gasteiger partial charge in [-0.05, 0) is 37.4 Å². The molecule has 1 aromatic carbocycles. The molecule has 1 N–H and O–H groups in total. The molecule has 4 rings (SSSR count). The third-order valence-corrected chi connectivity index (χ3v) is 4.82. The molecule has 122 valence electrons. The molecule has 24 heavy (non-hydrogen) atoms. The topological polar surface area (TPSA) is 59.8 Å². The van der Waals surface area contributed by atoms with Crippen LogP contribution in [0, 0.1) is 0 Å². The normalized spacial score (nSPS) is 13.9. The summed E-state index contributed by atoms with van der Waals surface area (Å²) >= 11 is 1.34. The number of aromatic nitrogens is 3. The maximum Gasteiger partial charge on any atom is 0.274 e. The van der Waals surface area contributed by atoms with E-state index in [1.807, 2.05) is 48.7 Å². The van der Waals surface area contributed by atoms with Crippen LogP contribution in [-0.4, -0.2) is 20.1 Å². The molecule has 1 saturated carbocycles. The summed E-state index contributed by atoms with van der Waals surface area (Å²) in [6.45, 7) is 2.69. The van der Waals surface area contributed by atoms with E-state index in [4.69, 9.17) is 0 Å². The van der Waals surface area contributed by atoms with E-state index >= 15 is 0 Å². The van der Waals surface area contributed by atoms with Crippen LogP contribution in [0.15, 0.2) is 41.8 Å². The second kappa shape index (κ2) is 6.20. The predicted octanol–water partition coefficient (Wildman–Crippen LogP) is 4.16. The zero-order chi connectivity index (χ0) is 16.5. The molecule has 1 fully saturated rings. The Bertz CT molecular complexity index is 864. The second-order valence-electron chi connectivity index (χ2n) is 5.94. The average Bonchev–Trinajstić information content (AvgIpc) is 3.20. The third-order valence-electron chi connectivity index (χ3n) is 4.19. The van der Waals surface area contributed by atoms with Crippen LogP contribution in [0.25, 0.3) is 11.3 Å². The Labute approximate surface area is 144 Å². The van der Waals surface area contributed by atoms with E-state index < -0.39 is 0 Å². The van der Waals surface area contributed by atoms with Gasteiger partial charge < -0.3 is 5.32 Å². The molecule has 6 heteroatoms. The van der Waals surface area contributed by atoms with Gasteiger partial charge in [0.25, 0.3) is 5.91 Å². The number of carbonyl (C=O) groups excluding carboxylic acids is 1. The number of carbonyl (C=O) groups is 1. The smallest absolute Gasteiger partial charge is 0.274 e. The van der Waals surface area contributed by atoms with Crippen molar-refractivity contribution in [2.24, 2.45) is 0 Å². The minimum absolute atomic E-state index is 0.131. The van der Waals surface area contributed by atoms with Crippen molar-refractivity contribution in [3.63, 3.8) is 0 Å². The van der Waals surface area contributed by atoms with Gasteiger partial charge in [0.1, 0.15) is 11.4 Å². The van der Waals surface area contributed by atoms with Crippen LogP contribution < -0.4 is 5.32 Å². The molecule has 0 atom stereocenters. The fourth-order valence-electron chi connectivity index (χ4n) is 2.76. The van der Waals surface area contributed by atoms with Gasteiger partial charge in [-0.3, -0.25) is 9.48 Å². The Balaban J connectivity index is 1.60. The molecule has 0 spiro atoms. The largest absolute Gasteiger partial charge is 0.318 e. The molecular formula is C18H18N4OS. The van der Waals surface area contributed by atoms with Crippen LogP contribution in [0.1, 0.15) is 41.9 Å². The zero-order valence-electron chi connectivity index (χ0n) is 13.4. The highest BCUT2D eigenvalue weighted by Crippen LogP contribution is 2.39. The van der Waals surface area contributed by atoms with Crippen LogP contribution in [0.4, 0.5) is 5.69 Å². The minimum Gasteiger partial charge on any atom is -0.318 e. The first-order valence-electron chi connectivity index (χ1n) is 8.15. The number of amides is 1. The lowest BCUT2D eigenvalue weighted by Gasteiger charge is -2.07. The number of nitrogens with zero attached hydrogens (tertiary/aromatic N) is 3. The summed E-state index contributed by atoms with van der Waals surface area (Å²) in [6.07, 6.45) is 2.35. The first kappa shape index (κ1) is 15.1.